The summed E-state index contributed by atoms with van der Waals surface area (Å²) < 4.78 is 54.1. The number of hydrogen-bond acceptors (Lipinski definition) is 4. The van der Waals surface area contributed by atoms with E-state index in [9.17, 15) is 18.3 Å². The van der Waals surface area contributed by atoms with Gasteiger partial charge in [0.25, 0.3) is 0 Å². The van der Waals surface area contributed by atoms with Crippen molar-refractivity contribution in [2.75, 3.05) is 33.5 Å². The quantitative estimate of drug-likeness (QED) is 0.143. The second kappa shape index (κ2) is 15.5. The molecule has 0 saturated carbocycles. The van der Waals surface area contributed by atoms with Crippen LogP contribution in [0.15, 0.2) is 72.8 Å². The van der Waals surface area contributed by atoms with Crippen molar-refractivity contribution >= 4 is 0 Å². The highest BCUT2D eigenvalue weighted by atomic mass is 19.4. The van der Waals surface area contributed by atoms with Crippen LogP contribution in [0.2, 0.25) is 0 Å². The topological polar surface area (TPSA) is 47.9 Å². The minimum Gasteiger partial charge on any atom is -0.489 e. The van der Waals surface area contributed by atoms with Gasteiger partial charge in [-0.2, -0.15) is 13.2 Å². The van der Waals surface area contributed by atoms with E-state index in [-0.39, 0.29) is 13.0 Å². The second-order valence-corrected chi connectivity index (χ2v) is 9.75. The van der Waals surface area contributed by atoms with Crippen molar-refractivity contribution in [3.63, 3.8) is 0 Å². The molecule has 3 rings (SSSR count). The fraction of sp³-hybridized carbons (Fsp3) is 0.394. The molecule has 0 fully saturated rings. The van der Waals surface area contributed by atoms with Gasteiger partial charge in [0.2, 0.25) is 0 Å². The van der Waals surface area contributed by atoms with Gasteiger partial charge in [0, 0.05) is 20.0 Å². The Hall–Kier alpha value is -3.29. The number of aliphatic hydroxyl groups is 1. The zero-order valence-corrected chi connectivity index (χ0v) is 23.4. The van der Waals surface area contributed by atoms with Crippen molar-refractivity contribution in [1.82, 2.24) is 0 Å². The SMILES string of the molecule is C=C(CO)CCOc1cc(-c2ccc(-c3ccc(CCCCC(F)(F)F)cc3)c(CC)c2)ccc1OCCOC. The van der Waals surface area contributed by atoms with Crippen LogP contribution in [0.1, 0.15) is 43.7 Å². The standard InChI is InChI=1S/C33H39F3O4/c1-4-26-21-28(12-14-30(26)27-10-8-25(9-11-27)7-5-6-17-33(34,35)36)29-13-15-31(40-20-19-38-3)32(22-29)39-18-16-24(2)23-37/h8-15,21-22,37H,2,4-7,16-20,23H2,1,3H3. The van der Waals surface area contributed by atoms with Crippen molar-refractivity contribution in [2.24, 2.45) is 0 Å². The number of benzene rings is 3. The zero-order valence-electron chi connectivity index (χ0n) is 23.4. The Morgan fingerprint density at radius 2 is 1.50 bits per heavy atom. The maximum Gasteiger partial charge on any atom is 0.389 e. The number of hydrogen-bond donors (Lipinski definition) is 1. The van der Waals surface area contributed by atoms with Crippen molar-refractivity contribution < 1.29 is 32.5 Å². The van der Waals surface area contributed by atoms with Crippen molar-refractivity contribution in [2.45, 2.75) is 51.6 Å². The number of alkyl halides is 3. The third kappa shape index (κ3) is 9.72. The van der Waals surface area contributed by atoms with Gasteiger partial charge < -0.3 is 19.3 Å². The molecule has 3 aromatic rings. The van der Waals surface area contributed by atoms with E-state index >= 15 is 0 Å². The van der Waals surface area contributed by atoms with Crippen molar-refractivity contribution in [3.8, 4) is 33.8 Å². The van der Waals surface area contributed by atoms with E-state index < -0.39 is 12.6 Å². The molecule has 0 aromatic heterocycles. The molecule has 4 nitrogen and oxygen atoms in total. The van der Waals surface area contributed by atoms with Gasteiger partial charge in [0.05, 0.1) is 19.8 Å². The lowest BCUT2D eigenvalue weighted by Gasteiger charge is -2.16. The minimum atomic E-state index is -4.09. The normalized spacial score (nSPS) is 11.4. The van der Waals surface area contributed by atoms with E-state index in [4.69, 9.17) is 14.2 Å². The molecule has 7 heteroatoms. The van der Waals surface area contributed by atoms with Crippen molar-refractivity contribution in [3.05, 3.63) is 83.9 Å². The fourth-order valence-corrected chi connectivity index (χ4v) is 4.39. The molecule has 0 heterocycles. The van der Waals surface area contributed by atoms with Gasteiger partial charge in [-0.15, -0.1) is 0 Å². The van der Waals surface area contributed by atoms with Crippen LogP contribution in [0.25, 0.3) is 22.3 Å². The summed E-state index contributed by atoms with van der Waals surface area (Å²) in [6.45, 7) is 7.10. The summed E-state index contributed by atoms with van der Waals surface area (Å²) in [4.78, 5) is 0. The van der Waals surface area contributed by atoms with E-state index in [0.717, 1.165) is 34.2 Å². The molecule has 0 aliphatic heterocycles. The molecule has 1 N–H and O–H groups in total. The summed E-state index contributed by atoms with van der Waals surface area (Å²) in [5.74, 6) is 1.24. The predicted molar refractivity (Wildman–Crippen MR) is 154 cm³/mol. The predicted octanol–water partition coefficient (Wildman–Crippen LogP) is 8.20. The first-order valence-corrected chi connectivity index (χ1v) is 13.7. The van der Waals surface area contributed by atoms with Crippen LogP contribution in [-0.2, 0) is 17.6 Å². The van der Waals surface area contributed by atoms with Crippen LogP contribution in [0, 0.1) is 0 Å². The van der Waals surface area contributed by atoms with E-state index in [2.05, 4.69) is 31.7 Å². The number of ether oxygens (including phenoxy) is 3. The molecular weight excluding hydrogens is 517 g/mol. The summed E-state index contributed by atoms with van der Waals surface area (Å²) in [5, 5.41) is 9.23. The molecule has 0 saturated heterocycles. The first-order valence-electron chi connectivity index (χ1n) is 13.7. The van der Waals surface area contributed by atoms with Crippen LogP contribution in [-0.4, -0.2) is 44.8 Å². The maximum atomic E-state index is 12.4. The molecule has 0 radical (unpaired) electrons. The third-order valence-electron chi connectivity index (χ3n) is 6.69. The van der Waals surface area contributed by atoms with Gasteiger partial charge in [-0.05, 0) is 76.8 Å². The Morgan fingerprint density at radius 1 is 0.825 bits per heavy atom. The lowest BCUT2D eigenvalue weighted by molar-refractivity contribution is -0.135. The molecule has 0 unspecified atom stereocenters. The molecule has 0 aliphatic rings. The number of unbranched alkanes of at least 4 members (excludes halogenated alkanes) is 1. The summed E-state index contributed by atoms with van der Waals surface area (Å²) >= 11 is 0. The highest BCUT2D eigenvalue weighted by Crippen LogP contribution is 2.35. The lowest BCUT2D eigenvalue weighted by Crippen LogP contribution is -2.07. The van der Waals surface area contributed by atoms with E-state index in [0.29, 0.717) is 56.2 Å². The Kier molecular flexibility index (Phi) is 12.1. The van der Waals surface area contributed by atoms with Crippen LogP contribution < -0.4 is 9.47 Å². The summed E-state index contributed by atoms with van der Waals surface area (Å²) in [7, 11) is 1.62. The molecule has 40 heavy (non-hydrogen) atoms. The second-order valence-electron chi connectivity index (χ2n) is 9.75. The van der Waals surface area contributed by atoms with E-state index in [1.165, 1.54) is 5.56 Å². The smallest absolute Gasteiger partial charge is 0.389 e. The highest BCUT2D eigenvalue weighted by molar-refractivity contribution is 5.75. The molecule has 0 amide bonds. The minimum absolute atomic E-state index is 0.0720. The number of rotatable bonds is 16. The first-order chi connectivity index (χ1) is 19.2. The Bertz CT molecular complexity index is 1220. The van der Waals surface area contributed by atoms with Gasteiger partial charge >= 0.3 is 6.18 Å². The molecule has 0 aliphatic carbocycles. The van der Waals surface area contributed by atoms with Crippen LogP contribution >= 0.6 is 0 Å². The average molecular weight is 557 g/mol. The fourth-order valence-electron chi connectivity index (χ4n) is 4.39. The summed E-state index contributed by atoms with van der Waals surface area (Å²) in [6.07, 6.45) is -2.12. The van der Waals surface area contributed by atoms with Crippen LogP contribution in [0.5, 0.6) is 11.5 Å². The summed E-state index contributed by atoms with van der Waals surface area (Å²) in [6, 6.07) is 20.3. The number of aryl methyl sites for hydroxylation is 2. The monoisotopic (exact) mass is 556 g/mol. The van der Waals surface area contributed by atoms with Crippen molar-refractivity contribution in [1.29, 1.82) is 0 Å². The van der Waals surface area contributed by atoms with Gasteiger partial charge in [0.15, 0.2) is 11.5 Å². The molecular formula is C33H39F3O4. The molecule has 0 bridgehead atoms. The molecule has 3 aromatic carbocycles. The van der Waals surface area contributed by atoms with Gasteiger partial charge in [0.1, 0.15) is 6.61 Å². The maximum absolute atomic E-state index is 12.4. The van der Waals surface area contributed by atoms with Gasteiger partial charge in [-0.25, -0.2) is 0 Å². The molecule has 0 atom stereocenters. The number of methoxy groups -OCH3 is 1. The summed E-state index contributed by atoms with van der Waals surface area (Å²) in [5.41, 5.74) is 7.20. The first kappa shape index (κ1) is 31.2. The largest absolute Gasteiger partial charge is 0.489 e. The van der Waals surface area contributed by atoms with Crippen LogP contribution in [0.4, 0.5) is 13.2 Å². The van der Waals surface area contributed by atoms with Gasteiger partial charge in [-0.3, -0.25) is 0 Å². The Labute approximate surface area is 235 Å². The number of aliphatic hydroxyl groups excluding tert-OH is 1. The lowest BCUT2D eigenvalue weighted by atomic mass is 9.93. The highest BCUT2D eigenvalue weighted by Gasteiger charge is 2.25. The Balaban J connectivity index is 1.77. The number of halogens is 3. The van der Waals surface area contributed by atoms with E-state index in [1.807, 2.05) is 42.5 Å². The molecule has 216 valence electrons. The zero-order chi connectivity index (χ0) is 29.0. The Morgan fingerprint density at radius 3 is 2.17 bits per heavy atom. The van der Waals surface area contributed by atoms with E-state index in [1.54, 1.807) is 7.11 Å². The molecule has 0 spiro atoms. The van der Waals surface area contributed by atoms with Gasteiger partial charge in [-0.1, -0.05) is 62.0 Å². The third-order valence-corrected chi connectivity index (χ3v) is 6.69. The average Bonchev–Trinajstić information content (AvgIpc) is 2.95. The van der Waals surface area contributed by atoms with Crippen LogP contribution in [0.3, 0.4) is 0 Å².